The highest BCUT2D eigenvalue weighted by Gasteiger charge is 2.21. The van der Waals surface area contributed by atoms with Crippen LogP contribution in [0.25, 0.3) is 0 Å². The maximum atomic E-state index is 11.6. The minimum absolute atomic E-state index is 0.0607. The fraction of sp³-hybridized carbons (Fsp3) is 0.455. The first-order chi connectivity index (χ1) is 9.93. The summed E-state index contributed by atoms with van der Waals surface area (Å²) in [6.45, 7) is -0.354. The molecule has 0 aliphatic heterocycles. The summed E-state index contributed by atoms with van der Waals surface area (Å²) in [5, 5.41) is 13.7. The van der Waals surface area contributed by atoms with Crippen LogP contribution in [0.4, 0.5) is 0 Å². The van der Waals surface area contributed by atoms with Crippen LogP contribution in [-0.2, 0) is 20.8 Å². The first kappa shape index (κ1) is 17.0. The normalized spacial score (nSPS) is 13.2. The average Bonchev–Trinajstić information content (AvgIpc) is 2.95. The van der Waals surface area contributed by atoms with Crippen LogP contribution < -0.4 is 16.4 Å². The fourth-order valence-electron chi connectivity index (χ4n) is 1.44. The summed E-state index contributed by atoms with van der Waals surface area (Å²) in [4.78, 5) is 40.6. The Morgan fingerprint density at radius 3 is 2.71 bits per heavy atom. The zero-order valence-corrected chi connectivity index (χ0v) is 12.0. The maximum Gasteiger partial charge on any atom is 0.326 e. The second kappa shape index (κ2) is 8.27. The topological polar surface area (TPSA) is 150 Å². The van der Waals surface area contributed by atoms with Gasteiger partial charge >= 0.3 is 5.97 Å². The molecule has 2 unspecified atom stereocenters. The average molecular weight is 315 g/mol. The van der Waals surface area contributed by atoms with E-state index in [-0.39, 0.29) is 18.7 Å². The number of carbonyl (C=O) groups excluding carboxylic acids is 2. The van der Waals surface area contributed by atoms with Crippen molar-refractivity contribution in [2.24, 2.45) is 5.73 Å². The molecular weight excluding hydrogens is 298 g/mol. The Kier molecular flexibility index (Phi) is 6.69. The molecule has 0 aliphatic rings. The van der Waals surface area contributed by atoms with E-state index in [4.69, 9.17) is 10.8 Å². The summed E-state index contributed by atoms with van der Waals surface area (Å²) in [7, 11) is 0. The number of nitrogens with two attached hydrogens (primary N) is 1. The second-order valence-corrected chi connectivity index (χ2v) is 4.61. The van der Waals surface area contributed by atoms with E-state index in [0.29, 0.717) is 5.69 Å². The predicted octanol–water partition coefficient (Wildman–Crippen LogP) is -2.11. The molecule has 6 N–H and O–H groups in total. The van der Waals surface area contributed by atoms with E-state index in [2.05, 4.69) is 33.2 Å². The zero-order valence-electron chi connectivity index (χ0n) is 11.1. The van der Waals surface area contributed by atoms with Crippen LogP contribution in [-0.4, -0.2) is 57.2 Å². The number of aromatic amines is 1. The molecule has 0 fully saturated rings. The molecule has 21 heavy (non-hydrogen) atoms. The molecule has 9 nitrogen and oxygen atoms in total. The molecular formula is C11H17N5O4S. The minimum atomic E-state index is -1.18. The molecule has 2 atom stereocenters. The number of imidazole rings is 1. The molecule has 10 heteroatoms. The Balaban J connectivity index is 2.46. The monoisotopic (exact) mass is 315 g/mol. The van der Waals surface area contributed by atoms with Crippen LogP contribution in [0.2, 0.25) is 0 Å². The number of hydrogen-bond donors (Lipinski definition) is 6. The standard InChI is InChI=1S/C11H17N5O4S/c12-7(4-21)10(18)14-3-9(17)16-8(11(19)20)1-6-2-13-5-15-6/h2,5,7-8,21H,1,3-4,12H2,(H,13,15)(H,14,18)(H,16,17)(H,19,20). The van der Waals surface area contributed by atoms with Gasteiger partial charge in [-0.15, -0.1) is 0 Å². The van der Waals surface area contributed by atoms with E-state index >= 15 is 0 Å². The molecule has 1 aromatic heterocycles. The van der Waals surface area contributed by atoms with E-state index in [1.54, 1.807) is 0 Å². The van der Waals surface area contributed by atoms with E-state index in [9.17, 15) is 14.4 Å². The van der Waals surface area contributed by atoms with Crippen molar-refractivity contribution in [3.05, 3.63) is 18.2 Å². The summed E-state index contributed by atoms with van der Waals surface area (Å²) in [6, 6.07) is -1.94. The maximum absolute atomic E-state index is 11.6. The quantitative estimate of drug-likeness (QED) is 0.302. The van der Waals surface area contributed by atoms with Crippen LogP contribution in [0.3, 0.4) is 0 Å². The van der Waals surface area contributed by atoms with Crippen LogP contribution in [0.15, 0.2) is 12.5 Å². The van der Waals surface area contributed by atoms with Crippen LogP contribution in [0.1, 0.15) is 5.69 Å². The van der Waals surface area contributed by atoms with Gasteiger partial charge in [-0.2, -0.15) is 12.6 Å². The summed E-state index contributed by atoms with van der Waals surface area (Å²) >= 11 is 3.86. The number of carbonyl (C=O) groups is 3. The van der Waals surface area contributed by atoms with Crippen LogP contribution in [0, 0.1) is 0 Å². The molecule has 1 heterocycles. The SMILES string of the molecule is NC(CS)C(=O)NCC(=O)NC(Cc1cnc[nH]1)C(=O)O. The van der Waals surface area contributed by atoms with Crippen LogP contribution >= 0.6 is 12.6 Å². The number of H-pyrrole nitrogens is 1. The van der Waals surface area contributed by atoms with Gasteiger partial charge in [0.05, 0.1) is 18.9 Å². The molecule has 2 amide bonds. The van der Waals surface area contributed by atoms with Gasteiger partial charge in [0.1, 0.15) is 6.04 Å². The van der Waals surface area contributed by atoms with Gasteiger partial charge in [0.15, 0.2) is 0 Å². The molecule has 116 valence electrons. The van der Waals surface area contributed by atoms with Gasteiger partial charge in [-0.1, -0.05) is 0 Å². The number of carboxylic acids is 1. The van der Waals surface area contributed by atoms with Gasteiger partial charge in [-0.3, -0.25) is 9.59 Å². The van der Waals surface area contributed by atoms with Gasteiger partial charge < -0.3 is 26.5 Å². The lowest BCUT2D eigenvalue weighted by Crippen LogP contribution is -2.49. The first-order valence-electron chi connectivity index (χ1n) is 6.07. The van der Waals surface area contributed by atoms with Crippen molar-refractivity contribution < 1.29 is 19.5 Å². The molecule has 0 bridgehead atoms. The minimum Gasteiger partial charge on any atom is -0.480 e. The van der Waals surface area contributed by atoms with E-state index in [0.717, 1.165) is 0 Å². The second-order valence-electron chi connectivity index (χ2n) is 4.25. The third-order valence-corrected chi connectivity index (χ3v) is 2.96. The lowest BCUT2D eigenvalue weighted by Gasteiger charge is -2.14. The van der Waals surface area contributed by atoms with Gasteiger partial charge in [0.2, 0.25) is 11.8 Å². The predicted molar refractivity (Wildman–Crippen MR) is 76.7 cm³/mol. The van der Waals surface area contributed by atoms with Crippen molar-refractivity contribution in [1.82, 2.24) is 20.6 Å². The molecule has 0 saturated heterocycles. The Hall–Kier alpha value is -2.07. The van der Waals surface area contributed by atoms with E-state index < -0.39 is 29.9 Å². The Morgan fingerprint density at radius 2 is 2.19 bits per heavy atom. The fourth-order valence-corrected chi connectivity index (χ4v) is 1.61. The summed E-state index contributed by atoms with van der Waals surface area (Å²) < 4.78 is 0. The van der Waals surface area contributed by atoms with E-state index in [1.165, 1.54) is 12.5 Å². The first-order valence-corrected chi connectivity index (χ1v) is 6.70. The van der Waals surface area contributed by atoms with Gasteiger partial charge in [0.25, 0.3) is 0 Å². The number of amides is 2. The molecule has 1 rings (SSSR count). The van der Waals surface area contributed by atoms with Crippen molar-refractivity contribution in [2.75, 3.05) is 12.3 Å². The summed E-state index contributed by atoms with van der Waals surface area (Å²) in [5.41, 5.74) is 5.99. The zero-order chi connectivity index (χ0) is 15.8. The number of nitrogens with one attached hydrogen (secondary N) is 3. The Morgan fingerprint density at radius 1 is 1.48 bits per heavy atom. The summed E-state index contributed by atoms with van der Waals surface area (Å²) in [5.74, 6) is -2.19. The highest BCUT2D eigenvalue weighted by Crippen LogP contribution is 1.98. The van der Waals surface area contributed by atoms with Crippen molar-refractivity contribution in [3.8, 4) is 0 Å². The van der Waals surface area contributed by atoms with Gasteiger partial charge in [-0.05, 0) is 0 Å². The molecule has 0 spiro atoms. The Bertz CT molecular complexity index is 493. The van der Waals surface area contributed by atoms with Gasteiger partial charge in [-0.25, -0.2) is 9.78 Å². The number of aliphatic carboxylic acids is 1. The number of aromatic nitrogens is 2. The van der Waals surface area contributed by atoms with Crippen molar-refractivity contribution >= 4 is 30.4 Å². The number of carboxylic acid groups (broad SMARTS) is 1. The number of thiol groups is 1. The van der Waals surface area contributed by atoms with E-state index in [1.807, 2.05) is 0 Å². The molecule has 0 aliphatic carbocycles. The highest BCUT2D eigenvalue weighted by atomic mass is 32.1. The van der Waals surface area contributed by atoms with Crippen molar-refractivity contribution in [1.29, 1.82) is 0 Å². The molecule has 0 radical (unpaired) electrons. The molecule has 0 saturated carbocycles. The van der Waals surface area contributed by atoms with Crippen molar-refractivity contribution in [3.63, 3.8) is 0 Å². The molecule has 1 aromatic rings. The van der Waals surface area contributed by atoms with Crippen LogP contribution in [0.5, 0.6) is 0 Å². The number of rotatable bonds is 8. The summed E-state index contributed by atoms with van der Waals surface area (Å²) in [6.07, 6.45) is 2.94. The number of nitrogens with zero attached hydrogens (tertiary/aromatic N) is 1. The number of hydrogen-bond acceptors (Lipinski definition) is 6. The van der Waals surface area contributed by atoms with Gasteiger partial charge in [0, 0.05) is 24.1 Å². The lowest BCUT2D eigenvalue weighted by atomic mass is 10.1. The largest absolute Gasteiger partial charge is 0.480 e. The third-order valence-electron chi connectivity index (χ3n) is 2.57. The van der Waals surface area contributed by atoms with Crippen molar-refractivity contribution in [2.45, 2.75) is 18.5 Å². The Labute approximate surface area is 126 Å². The highest BCUT2D eigenvalue weighted by molar-refractivity contribution is 7.80. The molecule has 0 aromatic carbocycles. The smallest absolute Gasteiger partial charge is 0.326 e. The lowest BCUT2D eigenvalue weighted by molar-refractivity contribution is -0.141. The third kappa shape index (κ3) is 5.83.